The molecule has 4 heterocycles. The Hall–Kier alpha value is -1.87. The predicted molar refractivity (Wildman–Crippen MR) is 110 cm³/mol. The lowest BCUT2D eigenvalue weighted by molar-refractivity contribution is -0.384. The first-order valence-corrected chi connectivity index (χ1v) is 12.1. The van der Waals surface area contributed by atoms with Crippen molar-refractivity contribution >= 4 is 24.7 Å². The van der Waals surface area contributed by atoms with Crippen molar-refractivity contribution in [3.05, 3.63) is 28.3 Å². The van der Waals surface area contributed by atoms with Crippen molar-refractivity contribution in [2.45, 2.75) is 38.5 Å². The summed E-state index contributed by atoms with van der Waals surface area (Å²) in [5.74, 6) is 0. The van der Waals surface area contributed by atoms with E-state index in [4.69, 9.17) is 4.62 Å². The average molecular weight is 420 g/mol. The molecule has 0 radical (unpaired) electrons. The van der Waals surface area contributed by atoms with Crippen LogP contribution < -0.4 is 4.62 Å². The minimum absolute atomic E-state index is 0.0251. The number of fused-ring (bicyclic) bond motifs is 1. The Labute approximate surface area is 170 Å². The fraction of sp³-hybridized carbons (Fsp3) is 0.667. The molecule has 5 rings (SSSR count). The van der Waals surface area contributed by atoms with Gasteiger partial charge in [0.1, 0.15) is 11.0 Å². The number of nitro groups is 1. The number of hydrogen-bond donors (Lipinski definition) is 0. The van der Waals surface area contributed by atoms with Crippen LogP contribution >= 0.6 is 7.94 Å². The minimum Gasteiger partial charge on any atom is -0.258 e. The molecule has 0 bridgehead atoms. The van der Waals surface area contributed by atoms with E-state index in [-0.39, 0.29) is 10.6 Å². The molecule has 1 aromatic heterocycles. The van der Waals surface area contributed by atoms with Gasteiger partial charge in [0.25, 0.3) is 5.69 Å². The molecule has 0 spiro atoms. The molecule has 3 saturated heterocycles. The fourth-order valence-electron chi connectivity index (χ4n) is 4.74. The number of nitro benzene ring substituents is 1. The molecule has 3 aliphatic heterocycles. The van der Waals surface area contributed by atoms with Crippen LogP contribution in [0.3, 0.4) is 0 Å². The van der Waals surface area contributed by atoms with Crippen LogP contribution in [-0.4, -0.2) is 73.4 Å². The number of benzene rings is 1. The molecule has 0 atom stereocenters. The third-order valence-electron chi connectivity index (χ3n) is 6.15. The van der Waals surface area contributed by atoms with Gasteiger partial charge < -0.3 is 0 Å². The third kappa shape index (κ3) is 3.28. The molecule has 0 amide bonds. The second kappa shape index (κ2) is 7.75. The normalized spacial score (nSPS) is 22.1. The topological polar surface area (TPSA) is 92.8 Å². The lowest BCUT2D eigenvalue weighted by Gasteiger charge is -2.39. The van der Waals surface area contributed by atoms with E-state index in [2.05, 4.69) is 24.3 Å². The van der Waals surface area contributed by atoms with E-state index in [1.54, 1.807) is 6.07 Å². The van der Waals surface area contributed by atoms with Crippen molar-refractivity contribution in [3.8, 4) is 0 Å². The average Bonchev–Trinajstić information content (AvgIpc) is 3.54. The van der Waals surface area contributed by atoms with Crippen molar-refractivity contribution in [1.82, 2.24) is 29.2 Å². The first-order valence-electron chi connectivity index (χ1n) is 10.5. The maximum Gasteiger partial charge on any atom is 0.451 e. The molecule has 0 aliphatic carbocycles. The molecule has 2 aromatic rings. The number of rotatable bonds is 6. The number of hydrogen-bond acceptors (Lipinski definition) is 8. The standard InChI is InChI=1S/C18H27N7O3P/c26-25(27)16-7-8-17-18(15-16)24(20-19-17)28-29(21-9-1-2-10-21,22-11-3-4-12-22)23-13-5-6-14-23/h7-8,15H,1-6,9-14H2/q+1. The maximum atomic E-state index is 11.3. The van der Waals surface area contributed by atoms with Crippen LogP contribution in [0.4, 0.5) is 5.69 Å². The smallest absolute Gasteiger partial charge is 0.258 e. The van der Waals surface area contributed by atoms with E-state index in [1.165, 1.54) is 55.5 Å². The second-order valence-corrected chi connectivity index (χ2v) is 10.9. The monoisotopic (exact) mass is 420 g/mol. The lowest BCUT2D eigenvalue weighted by atomic mass is 10.3. The number of non-ortho nitro benzene ring substituents is 1. The second-order valence-electron chi connectivity index (χ2n) is 7.97. The van der Waals surface area contributed by atoms with E-state index in [1.807, 2.05) is 0 Å². The highest BCUT2D eigenvalue weighted by Crippen LogP contribution is 2.68. The Morgan fingerprint density at radius 2 is 1.41 bits per heavy atom. The van der Waals surface area contributed by atoms with Crippen LogP contribution in [0.25, 0.3) is 11.0 Å². The van der Waals surface area contributed by atoms with Gasteiger partial charge in [-0.3, -0.25) is 10.1 Å². The van der Waals surface area contributed by atoms with Gasteiger partial charge in [-0.1, -0.05) is 0 Å². The summed E-state index contributed by atoms with van der Waals surface area (Å²) in [5, 5.41) is 19.8. The largest absolute Gasteiger partial charge is 0.451 e. The van der Waals surface area contributed by atoms with Crippen molar-refractivity contribution in [1.29, 1.82) is 0 Å². The zero-order valence-electron chi connectivity index (χ0n) is 16.5. The highest BCUT2D eigenvalue weighted by molar-refractivity contribution is 7.64. The summed E-state index contributed by atoms with van der Waals surface area (Å²) < 4.78 is 14.5. The summed E-state index contributed by atoms with van der Waals surface area (Å²) >= 11 is 0. The zero-order chi connectivity index (χ0) is 19.8. The van der Waals surface area contributed by atoms with Crippen LogP contribution in [0.2, 0.25) is 0 Å². The van der Waals surface area contributed by atoms with E-state index in [0.29, 0.717) is 11.0 Å². The van der Waals surface area contributed by atoms with Crippen LogP contribution in [-0.2, 0) is 0 Å². The van der Waals surface area contributed by atoms with Crippen molar-refractivity contribution < 1.29 is 9.55 Å². The van der Waals surface area contributed by atoms with Crippen LogP contribution in [0.5, 0.6) is 0 Å². The van der Waals surface area contributed by atoms with Gasteiger partial charge in [0.15, 0.2) is 0 Å². The van der Waals surface area contributed by atoms with Gasteiger partial charge in [0.2, 0.25) is 0 Å². The van der Waals surface area contributed by atoms with Crippen LogP contribution in [0, 0.1) is 10.1 Å². The van der Waals surface area contributed by atoms with Crippen molar-refractivity contribution in [2.24, 2.45) is 0 Å². The van der Waals surface area contributed by atoms with E-state index < -0.39 is 7.94 Å². The summed E-state index contributed by atoms with van der Waals surface area (Å²) in [6.07, 6.45) is 7.06. The number of aromatic nitrogens is 3. The summed E-state index contributed by atoms with van der Waals surface area (Å²) in [4.78, 5) is 12.4. The molecule has 0 unspecified atom stereocenters. The van der Waals surface area contributed by atoms with Gasteiger partial charge in [-0.25, -0.2) is 0 Å². The summed E-state index contributed by atoms with van der Waals surface area (Å²) in [7, 11) is -2.28. The molecule has 0 saturated carbocycles. The molecule has 11 heteroatoms. The Morgan fingerprint density at radius 1 is 0.897 bits per heavy atom. The quantitative estimate of drug-likeness (QED) is 0.400. The highest BCUT2D eigenvalue weighted by atomic mass is 31.2. The Bertz CT molecular complexity index is 848. The Balaban J connectivity index is 1.60. The lowest BCUT2D eigenvalue weighted by Crippen LogP contribution is -2.47. The minimum atomic E-state index is -2.28. The summed E-state index contributed by atoms with van der Waals surface area (Å²) in [6, 6.07) is 4.62. The van der Waals surface area contributed by atoms with Gasteiger partial charge >= 0.3 is 7.94 Å². The van der Waals surface area contributed by atoms with Crippen LogP contribution in [0.15, 0.2) is 18.2 Å². The molecule has 156 valence electrons. The SMILES string of the molecule is O=[N+]([O-])c1ccc2nnn(O[P+](N3CCCC3)(N3CCCC3)N3CCCC3)c2c1. The van der Waals surface area contributed by atoms with Gasteiger partial charge in [-0.15, -0.1) is 19.1 Å². The van der Waals surface area contributed by atoms with Crippen molar-refractivity contribution in [3.63, 3.8) is 0 Å². The highest BCUT2D eigenvalue weighted by Gasteiger charge is 2.63. The Morgan fingerprint density at radius 3 is 1.90 bits per heavy atom. The molecule has 29 heavy (non-hydrogen) atoms. The molecule has 3 fully saturated rings. The molecule has 0 N–H and O–H groups in total. The summed E-state index contributed by atoms with van der Waals surface area (Å²) in [5.41, 5.74) is 1.19. The van der Waals surface area contributed by atoms with Gasteiger partial charge in [-0.2, -0.15) is 4.62 Å². The van der Waals surface area contributed by atoms with E-state index >= 15 is 0 Å². The predicted octanol–water partition coefficient (Wildman–Crippen LogP) is 2.73. The number of nitrogens with zero attached hydrogens (tertiary/aromatic N) is 7. The first kappa shape index (κ1) is 19.1. The van der Waals surface area contributed by atoms with E-state index in [9.17, 15) is 10.1 Å². The van der Waals surface area contributed by atoms with Gasteiger partial charge in [0, 0.05) is 51.4 Å². The molecular weight excluding hydrogens is 393 g/mol. The molecule has 10 nitrogen and oxygen atoms in total. The first-order chi connectivity index (χ1) is 14.2. The van der Waals surface area contributed by atoms with E-state index in [0.717, 1.165) is 39.3 Å². The zero-order valence-corrected chi connectivity index (χ0v) is 17.4. The van der Waals surface area contributed by atoms with Gasteiger partial charge in [0.05, 0.1) is 4.92 Å². The Kier molecular flexibility index (Phi) is 5.11. The van der Waals surface area contributed by atoms with Crippen LogP contribution in [0.1, 0.15) is 38.5 Å². The molecule has 3 aliphatic rings. The molecule has 1 aromatic carbocycles. The third-order valence-corrected chi connectivity index (χ3v) is 9.93. The van der Waals surface area contributed by atoms with Gasteiger partial charge in [-0.05, 0) is 54.6 Å². The summed E-state index contributed by atoms with van der Waals surface area (Å²) in [6.45, 7) is 6.13. The molecular formula is C18H27N7O3P+. The van der Waals surface area contributed by atoms with Crippen molar-refractivity contribution in [2.75, 3.05) is 39.3 Å². The maximum absolute atomic E-state index is 11.3. The fourth-order valence-corrected chi connectivity index (χ4v) is 8.86.